The SMILES string of the molecule is CN1C(=O)N(c2ccc(F)cc2)C(=O)C1(C)C. The maximum Gasteiger partial charge on any atom is 0.332 e. The maximum atomic E-state index is 12.8. The quantitative estimate of drug-likeness (QED) is 0.700. The maximum absolute atomic E-state index is 12.8. The van der Waals surface area contributed by atoms with Gasteiger partial charge in [0.25, 0.3) is 5.91 Å². The van der Waals surface area contributed by atoms with E-state index in [-0.39, 0.29) is 5.91 Å². The Kier molecular flexibility index (Phi) is 2.41. The number of hydrogen-bond acceptors (Lipinski definition) is 2. The van der Waals surface area contributed by atoms with Gasteiger partial charge >= 0.3 is 6.03 Å². The number of likely N-dealkylation sites (N-methyl/N-ethyl adjacent to an activating group) is 1. The molecule has 0 saturated carbocycles. The van der Waals surface area contributed by atoms with Crippen LogP contribution in [-0.4, -0.2) is 29.4 Å². The van der Waals surface area contributed by atoms with Crippen molar-refractivity contribution in [2.45, 2.75) is 19.4 Å². The molecule has 1 saturated heterocycles. The largest absolute Gasteiger partial charge is 0.332 e. The van der Waals surface area contributed by atoms with Gasteiger partial charge in [-0.2, -0.15) is 0 Å². The highest BCUT2D eigenvalue weighted by Gasteiger charge is 2.49. The summed E-state index contributed by atoms with van der Waals surface area (Å²) >= 11 is 0. The molecule has 2 rings (SSSR count). The number of carbonyl (C=O) groups is 2. The van der Waals surface area contributed by atoms with Crippen LogP contribution in [0.1, 0.15) is 13.8 Å². The first kappa shape index (κ1) is 11.6. The number of anilines is 1. The molecule has 0 aliphatic carbocycles. The zero-order valence-corrected chi connectivity index (χ0v) is 9.90. The van der Waals surface area contributed by atoms with Gasteiger partial charge in [0.2, 0.25) is 0 Å². The van der Waals surface area contributed by atoms with Crippen molar-refractivity contribution < 1.29 is 14.0 Å². The molecular formula is C12H13FN2O2. The second kappa shape index (κ2) is 3.55. The van der Waals surface area contributed by atoms with Crippen molar-refractivity contribution in [3.8, 4) is 0 Å². The van der Waals surface area contributed by atoms with Crippen molar-refractivity contribution in [1.82, 2.24) is 4.90 Å². The molecule has 5 heteroatoms. The lowest BCUT2D eigenvalue weighted by atomic mass is 10.1. The number of rotatable bonds is 1. The molecule has 1 aromatic rings. The first-order valence-electron chi connectivity index (χ1n) is 5.23. The number of carbonyl (C=O) groups excluding carboxylic acids is 2. The summed E-state index contributed by atoms with van der Waals surface area (Å²) in [6, 6.07) is 4.88. The van der Waals surface area contributed by atoms with Gasteiger partial charge in [0, 0.05) is 7.05 Å². The average Bonchev–Trinajstić information content (AvgIpc) is 2.43. The van der Waals surface area contributed by atoms with Gasteiger partial charge < -0.3 is 4.90 Å². The molecule has 1 aliphatic heterocycles. The van der Waals surface area contributed by atoms with Gasteiger partial charge in [0.1, 0.15) is 11.4 Å². The summed E-state index contributed by atoms with van der Waals surface area (Å²) < 4.78 is 12.8. The van der Waals surface area contributed by atoms with Crippen molar-refractivity contribution in [3.05, 3.63) is 30.1 Å². The second-order valence-corrected chi connectivity index (χ2v) is 4.52. The van der Waals surface area contributed by atoms with Crippen LogP contribution in [-0.2, 0) is 4.79 Å². The minimum atomic E-state index is -0.870. The molecule has 0 spiro atoms. The smallest absolute Gasteiger partial charge is 0.313 e. The van der Waals surface area contributed by atoms with E-state index >= 15 is 0 Å². The van der Waals surface area contributed by atoms with Gasteiger partial charge in [-0.1, -0.05) is 0 Å². The average molecular weight is 236 g/mol. The molecule has 1 aliphatic rings. The number of hydrogen-bond donors (Lipinski definition) is 0. The van der Waals surface area contributed by atoms with E-state index < -0.39 is 17.4 Å². The van der Waals surface area contributed by atoms with E-state index in [0.29, 0.717) is 5.69 Å². The van der Waals surface area contributed by atoms with Crippen LogP contribution >= 0.6 is 0 Å². The molecule has 0 N–H and O–H groups in total. The summed E-state index contributed by atoms with van der Waals surface area (Å²) in [7, 11) is 1.57. The highest BCUT2D eigenvalue weighted by atomic mass is 19.1. The Balaban J connectivity index is 2.44. The summed E-state index contributed by atoms with van der Waals surface area (Å²) in [5, 5.41) is 0. The molecule has 90 valence electrons. The fourth-order valence-corrected chi connectivity index (χ4v) is 1.71. The molecule has 0 atom stereocenters. The number of urea groups is 1. The van der Waals surface area contributed by atoms with E-state index in [9.17, 15) is 14.0 Å². The Morgan fingerprint density at radius 2 is 1.65 bits per heavy atom. The van der Waals surface area contributed by atoms with Crippen molar-refractivity contribution >= 4 is 17.6 Å². The van der Waals surface area contributed by atoms with Crippen LogP contribution in [0.15, 0.2) is 24.3 Å². The summed E-state index contributed by atoms with van der Waals surface area (Å²) in [5.74, 6) is -0.711. The lowest BCUT2D eigenvalue weighted by Gasteiger charge is -2.22. The fourth-order valence-electron chi connectivity index (χ4n) is 1.71. The van der Waals surface area contributed by atoms with E-state index in [1.165, 1.54) is 29.2 Å². The van der Waals surface area contributed by atoms with E-state index in [1.54, 1.807) is 20.9 Å². The lowest BCUT2D eigenvalue weighted by Crippen LogP contribution is -2.41. The Hall–Kier alpha value is -1.91. The number of halogens is 1. The first-order valence-corrected chi connectivity index (χ1v) is 5.23. The highest BCUT2D eigenvalue weighted by molar-refractivity contribution is 6.22. The molecule has 0 aromatic heterocycles. The zero-order valence-electron chi connectivity index (χ0n) is 9.90. The molecule has 3 amide bonds. The van der Waals surface area contributed by atoms with Crippen LogP contribution in [0.25, 0.3) is 0 Å². The first-order chi connectivity index (χ1) is 7.85. The third-order valence-corrected chi connectivity index (χ3v) is 3.13. The van der Waals surface area contributed by atoms with E-state index in [0.717, 1.165) is 4.90 Å². The van der Waals surface area contributed by atoms with Crippen LogP contribution in [0, 0.1) is 5.82 Å². The molecular weight excluding hydrogens is 223 g/mol. The number of imide groups is 1. The van der Waals surface area contributed by atoms with E-state index in [4.69, 9.17) is 0 Å². The third-order valence-electron chi connectivity index (χ3n) is 3.13. The molecule has 0 unspecified atom stereocenters. The van der Waals surface area contributed by atoms with Crippen LogP contribution in [0.2, 0.25) is 0 Å². The summed E-state index contributed by atoms with van der Waals surface area (Å²) in [6.07, 6.45) is 0. The second-order valence-electron chi connectivity index (χ2n) is 4.52. The van der Waals surface area contributed by atoms with Gasteiger partial charge in [0.15, 0.2) is 0 Å². The Morgan fingerprint density at radius 1 is 1.12 bits per heavy atom. The Morgan fingerprint density at radius 3 is 2.06 bits per heavy atom. The molecule has 17 heavy (non-hydrogen) atoms. The van der Waals surface area contributed by atoms with E-state index in [2.05, 4.69) is 0 Å². The van der Waals surface area contributed by atoms with Crippen molar-refractivity contribution in [1.29, 1.82) is 0 Å². The van der Waals surface area contributed by atoms with Crippen molar-refractivity contribution in [2.24, 2.45) is 0 Å². The van der Waals surface area contributed by atoms with Gasteiger partial charge in [-0.25, -0.2) is 14.1 Å². The molecule has 1 heterocycles. The molecule has 4 nitrogen and oxygen atoms in total. The van der Waals surface area contributed by atoms with Crippen LogP contribution < -0.4 is 4.90 Å². The normalized spacial score (nSPS) is 19.1. The van der Waals surface area contributed by atoms with Gasteiger partial charge in [-0.05, 0) is 38.1 Å². The lowest BCUT2D eigenvalue weighted by molar-refractivity contribution is -0.123. The zero-order chi connectivity index (χ0) is 12.8. The monoisotopic (exact) mass is 236 g/mol. The Bertz CT molecular complexity index is 482. The van der Waals surface area contributed by atoms with E-state index in [1.807, 2.05) is 0 Å². The molecule has 0 radical (unpaired) electrons. The number of benzene rings is 1. The number of nitrogens with zero attached hydrogens (tertiary/aromatic N) is 2. The van der Waals surface area contributed by atoms with Crippen molar-refractivity contribution in [2.75, 3.05) is 11.9 Å². The summed E-state index contributed by atoms with van der Waals surface area (Å²) in [6.45, 7) is 3.35. The topological polar surface area (TPSA) is 40.6 Å². The predicted octanol–water partition coefficient (Wildman–Crippen LogP) is 2.00. The van der Waals surface area contributed by atoms with Crippen molar-refractivity contribution in [3.63, 3.8) is 0 Å². The number of amides is 3. The minimum absolute atomic E-state index is 0.309. The minimum Gasteiger partial charge on any atom is -0.313 e. The van der Waals surface area contributed by atoms with Crippen LogP contribution in [0.5, 0.6) is 0 Å². The molecule has 1 aromatic carbocycles. The summed E-state index contributed by atoms with van der Waals surface area (Å²) in [5.41, 5.74) is -0.482. The highest BCUT2D eigenvalue weighted by Crippen LogP contribution is 2.30. The summed E-state index contributed by atoms with van der Waals surface area (Å²) in [4.78, 5) is 26.5. The predicted molar refractivity (Wildman–Crippen MR) is 61.1 cm³/mol. The third kappa shape index (κ3) is 1.58. The van der Waals surface area contributed by atoms with Crippen LogP contribution in [0.3, 0.4) is 0 Å². The Labute approximate surface area is 98.6 Å². The fraction of sp³-hybridized carbons (Fsp3) is 0.333. The van der Waals surface area contributed by atoms with Gasteiger partial charge in [0.05, 0.1) is 5.69 Å². The molecule has 0 bridgehead atoms. The van der Waals surface area contributed by atoms with Crippen LogP contribution in [0.4, 0.5) is 14.9 Å². The van der Waals surface area contributed by atoms with Gasteiger partial charge in [-0.15, -0.1) is 0 Å². The molecule has 1 fully saturated rings. The van der Waals surface area contributed by atoms with Gasteiger partial charge in [-0.3, -0.25) is 4.79 Å². The standard InChI is InChI=1S/C12H13FN2O2/c1-12(2)10(16)15(11(17)14(12)3)9-6-4-8(13)5-7-9/h4-7H,1-3H3.